The lowest BCUT2D eigenvalue weighted by atomic mass is 10.1. The normalized spacial score (nSPS) is 10.4. The van der Waals surface area contributed by atoms with Gasteiger partial charge in [-0.1, -0.05) is 6.07 Å². The van der Waals surface area contributed by atoms with Gasteiger partial charge >= 0.3 is 0 Å². The minimum absolute atomic E-state index is 0.00685. The first kappa shape index (κ1) is 10.5. The molecular formula is C12H13N3O. The molecule has 16 heavy (non-hydrogen) atoms. The number of nitrogens with zero attached hydrogens (tertiary/aromatic N) is 3. The predicted octanol–water partition coefficient (Wildman–Crippen LogP) is 1.55. The van der Waals surface area contributed by atoms with E-state index in [1.54, 1.807) is 12.4 Å². The predicted molar refractivity (Wildman–Crippen MR) is 60.2 cm³/mol. The van der Waals surface area contributed by atoms with Crippen molar-refractivity contribution in [2.24, 2.45) is 7.05 Å². The molecule has 0 aliphatic heterocycles. The van der Waals surface area contributed by atoms with Crippen molar-refractivity contribution < 1.29 is 4.79 Å². The zero-order valence-corrected chi connectivity index (χ0v) is 9.34. The standard InChI is InChI=1S/C12H13N3O/c1-9-4-3-5-14-12(9)10(16)8-11-13-6-7-15(11)2/h3-7H,8H2,1-2H3. The van der Waals surface area contributed by atoms with Crippen molar-refractivity contribution in [3.05, 3.63) is 47.8 Å². The van der Waals surface area contributed by atoms with Crippen molar-refractivity contribution in [3.8, 4) is 0 Å². The number of imidazole rings is 1. The Morgan fingerprint density at radius 1 is 1.38 bits per heavy atom. The number of aromatic nitrogens is 3. The molecule has 0 saturated heterocycles. The second-order valence-electron chi connectivity index (χ2n) is 3.72. The fourth-order valence-electron chi connectivity index (χ4n) is 1.57. The summed E-state index contributed by atoms with van der Waals surface area (Å²) in [4.78, 5) is 20.2. The zero-order valence-electron chi connectivity index (χ0n) is 9.34. The van der Waals surface area contributed by atoms with E-state index in [0.29, 0.717) is 12.1 Å². The van der Waals surface area contributed by atoms with Crippen LogP contribution in [0.3, 0.4) is 0 Å². The maximum atomic E-state index is 12.0. The van der Waals surface area contributed by atoms with Crippen molar-refractivity contribution >= 4 is 5.78 Å². The third kappa shape index (κ3) is 2.00. The van der Waals surface area contributed by atoms with Gasteiger partial charge in [0.15, 0.2) is 5.78 Å². The van der Waals surface area contributed by atoms with Crippen LogP contribution in [-0.4, -0.2) is 20.3 Å². The third-order valence-corrected chi connectivity index (χ3v) is 2.51. The van der Waals surface area contributed by atoms with E-state index in [1.165, 1.54) is 0 Å². The van der Waals surface area contributed by atoms with Gasteiger partial charge in [0.05, 0.1) is 6.42 Å². The number of rotatable bonds is 3. The molecular weight excluding hydrogens is 202 g/mol. The summed E-state index contributed by atoms with van der Waals surface area (Å²) in [5.74, 6) is 0.766. The SMILES string of the molecule is Cc1cccnc1C(=O)Cc1nccn1C. The highest BCUT2D eigenvalue weighted by Gasteiger charge is 2.13. The number of ketones is 1. The Labute approximate surface area is 94.0 Å². The van der Waals surface area contributed by atoms with Gasteiger partial charge in [0.2, 0.25) is 0 Å². The highest BCUT2D eigenvalue weighted by Crippen LogP contribution is 2.07. The van der Waals surface area contributed by atoms with Crippen LogP contribution < -0.4 is 0 Å². The quantitative estimate of drug-likeness (QED) is 0.730. The lowest BCUT2D eigenvalue weighted by Crippen LogP contribution is -2.11. The number of Topliss-reactive ketones (excluding diaryl/α,β-unsaturated/α-hetero) is 1. The summed E-state index contributed by atoms with van der Waals surface area (Å²) in [6.45, 7) is 1.89. The van der Waals surface area contributed by atoms with E-state index >= 15 is 0 Å². The number of hydrogen-bond acceptors (Lipinski definition) is 3. The van der Waals surface area contributed by atoms with Gasteiger partial charge in [-0.3, -0.25) is 9.78 Å². The minimum Gasteiger partial charge on any atom is -0.338 e. The van der Waals surface area contributed by atoms with Crippen molar-refractivity contribution in [3.63, 3.8) is 0 Å². The molecule has 0 bridgehead atoms. The van der Waals surface area contributed by atoms with E-state index in [-0.39, 0.29) is 5.78 Å². The van der Waals surface area contributed by atoms with Crippen LogP contribution in [0.1, 0.15) is 21.9 Å². The molecule has 0 saturated carbocycles. The van der Waals surface area contributed by atoms with E-state index in [2.05, 4.69) is 9.97 Å². The monoisotopic (exact) mass is 215 g/mol. The van der Waals surface area contributed by atoms with Crippen molar-refractivity contribution in [1.29, 1.82) is 0 Å². The molecule has 4 nitrogen and oxygen atoms in total. The molecule has 0 atom stereocenters. The number of carbonyl (C=O) groups is 1. The van der Waals surface area contributed by atoms with Gasteiger partial charge in [-0.2, -0.15) is 0 Å². The molecule has 0 aliphatic rings. The molecule has 2 aromatic heterocycles. The van der Waals surface area contributed by atoms with Crippen LogP contribution in [0.4, 0.5) is 0 Å². The van der Waals surface area contributed by atoms with Crippen LogP contribution in [0.25, 0.3) is 0 Å². The molecule has 2 aromatic rings. The number of aryl methyl sites for hydroxylation is 2. The Hall–Kier alpha value is -1.97. The van der Waals surface area contributed by atoms with Crippen molar-refractivity contribution in [2.45, 2.75) is 13.3 Å². The molecule has 0 amide bonds. The van der Waals surface area contributed by atoms with E-state index in [1.807, 2.05) is 36.9 Å². The Bertz CT molecular complexity index is 516. The van der Waals surface area contributed by atoms with Crippen LogP contribution in [0.15, 0.2) is 30.7 Å². The van der Waals surface area contributed by atoms with Gasteiger partial charge in [0.1, 0.15) is 11.5 Å². The molecule has 4 heteroatoms. The summed E-state index contributed by atoms with van der Waals surface area (Å²) in [7, 11) is 1.88. The summed E-state index contributed by atoms with van der Waals surface area (Å²) >= 11 is 0. The maximum absolute atomic E-state index is 12.0. The number of carbonyl (C=O) groups excluding carboxylic acids is 1. The molecule has 0 aliphatic carbocycles. The minimum atomic E-state index is 0.00685. The van der Waals surface area contributed by atoms with E-state index in [9.17, 15) is 4.79 Å². The Kier molecular flexibility index (Phi) is 2.81. The first-order chi connectivity index (χ1) is 7.68. The Balaban J connectivity index is 2.22. The van der Waals surface area contributed by atoms with Gasteiger partial charge < -0.3 is 4.57 Å². The van der Waals surface area contributed by atoms with Crippen molar-refractivity contribution in [2.75, 3.05) is 0 Å². The zero-order chi connectivity index (χ0) is 11.5. The third-order valence-electron chi connectivity index (χ3n) is 2.51. The van der Waals surface area contributed by atoms with Crippen LogP contribution >= 0.6 is 0 Å². The first-order valence-electron chi connectivity index (χ1n) is 5.09. The van der Waals surface area contributed by atoms with E-state index in [0.717, 1.165) is 11.4 Å². The number of pyridine rings is 1. The molecule has 0 radical (unpaired) electrons. The van der Waals surface area contributed by atoms with Crippen LogP contribution in [0, 0.1) is 6.92 Å². The molecule has 82 valence electrons. The highest BCUT2D eigenvalue weighted by molar-refractivity contribution is 5.96. The summed E-state index contributed by atoms with van der Waals surface area (Å²) in [6, 6.07) is 3.71. The first-order valence-corrected chi connectivity index (χ1v) is 5.09. The van der Waals surface area contributed by atoms with Crippen LogP contribution in [0.5, 0.6) is 0 Å². The van der Waals surface area contributed by atoms with Gasteiger partial charge in [-0.25, -0.2) is 4.98 Å². The Morgan fingerprint density at radius 2 is 2.19 bits per heavy atom. The smallest absolute Gasteiger partial charge is 0.188 e. The fourth-order valence-corrected chi connectivity index (χ4v) is 1.57. The molecule has 0 spiro atoms. The fraction of sp³-hybridized carbons (Fsp3) is 0.250. The average molecular weight is 215 g/mol. The van der Waals surface area contributed by atoms with E-state index in [4.69, 9.17) is 0 Å². The van der Waals surface area contributed by atoms with Gasteiger partial charge in [-0.15, -0.1) is 0 Å². The lowest BCUT2D eigenvalue weighted by molar-refractivity contribution is 0.0984. The molecule has 0 aromatic carbocycles. The molecule has 0 unspecified atom stereocenters. The lowest BCUT2D eigenvalue weighted by Gasteiger charge is -2.03. The molecule has 2 rings (SSSR count). The second kappa shape index (κ2) is 4.26. The van der Waals surface area contributed by atoms with E-state index < -0.39 is 0 Å². The Morgan fingerprint density at radius 3 is 2.81 bits per heavy atom. The largest absolute Gasteiger partial charge is 0.338 e. The highest BCUT2D eigenvalue weighted by atomic mass is 16.1. The number of hydrogen-bond donors (Lipinski definition) is 0. The van der Waals surface area contributed by atoms with Gasteiger partial charge in [0.25, 0.3) is 0 Å². The van der Waals surface area contributed by atoms with Crippen molar-refractivity contribution in [1.82, 2.24) is 14.5 Å². The summed E-state index contributed by atoms with van der Waals surface area (Å²) in [6.07, 6.45) is 5.45. The molecule has 2 heterocycles. The van der Waals surface area contributed by atoms with Gasteiger partial charge in [-0.05, 0) is 18.6 Å². The van der Waals surface area contributed by atoms with Crippen LogP contribution in [0.2, 0.25) is 0 Å². The topological polar surface area (TPSA) is 47.8 Å². The summed E-state index contributed by atoms with van der Waals surface area (Å²) in [5, 5.41) is 0. The second-order valence-corrected chi connectivity index (χ2v) is 3.72. The summed E-state index contributed by atoms with van der Waals surface area (Å²) < 4.78 is 1.84. The molecule has 0 fully saturated rings. The van der Waals surface area contributed by atoms with Crippen LogP contribution in [-0.2, 0) is 13.5 Å². The maximum Gasteiger partial charge on any atom is 0.188 e. The van der Waals surface area contributed by atoms with Gasteiger partial charge in [0, 0.05) is 25.6 Å². The molecule has 0 N–H and O–H groups in total. The average Bonchev–Trinajstić information content (AvgIpc) is 2.65. The summed E-state index contributed by atoms with van der Waals surface area (Å²) in [5.41, 5.74) is 1.44.